The predicted molar refractivity (Wildman–Crippen MR) is 102 cm³/mol. The van der Waals surface area contributed by atoms with Gasteiger partial charge in [0.2, 0.25) is 0 Å². The fourth-order valence-corrected chi connectivity index (χ4v) is 6.94. The molecule has 0 aromatic heterocycles. The first-order valence-corrected chi connectivity index (χ1v) is 10.6. The summed E-state index contributed by atoms with van der Waals surface area (Å²) in [6, 6.07) is 19.2. The first kappa shape index (κ1) is 17.1. The van der Waals surface area contributed by atoms with Gasteiger partial charge in [0.1, 0.15) is 0 Å². The molecule has 0 saturated heterocycles. The van der Waals surface area contributed by atoms with Crippen LogP contribution in [0.25, 0.3) is 0 Å². The van der Waals surface area contributed by atoms with E-state index in [1.165, 1.54) is 5.56 Å². The number of hydrogen-bond acceptors (Lipinski definition) is 4. The smallest absolute Gasteiger partial charge is 0.181 e. The molecule has 5 atom stereocenters. The van der Waals surface area contributed by atoms with Gasteiger partial charge in [-0.3, -0.25) is 0 Å². The number of nitrogens with zero attached hydrogens (tertiary/aromatic N) is 1. The van der Waals surface area contributed by atoms with Gasteiger partial charge in [-0.05, 0) is 42.0 Å². The van der Waals surface area contributed by atoms with E-state index in [1.54, 1.807) is 24.3 Å². The Hall–Kier alpha value is -2.32. The number of para-hydroxylation sites is 1. The SMILES string of the molecule is C[C@@H]1[C@H](CC#N)[C@@H](S(=O)(=O)c2ccccc2)C[C@H]2c3ccccc3N[C@@H]12. The standard InChI is InChI=1S/C21H22N2O2S/c1-14-16(11-12-22)20(26(24,25)15-7-3-2-4-8-15)13-18-17-9-5-6-10-19(17)23-21(14)18/h2-10,14,16,18,20-21,23H,11,13H2,1H3/t14-,16+,18+,20+,21+/m1/s1. The lowest BCUT2D eigenvalue weighted by molar-refractivity contribution is 0.223. The second-order valence-corrected chi connectivity index (χ2v) is 9.55. The number of hydrogen-bond donors (Lipinski definition) is 1. The van der Waals surface area contributed by atoms with E-state index in [9.17, 15) is 13.7 Å². The highest BCUT2D eigenvalue weighted by molar-refractivity contribution is 7.92. The summed E-state index contributed by atoms with van der Waals surface area (Å²) < 4.78 is 26.8. The summed E-state index contributed by atoms with van der Waals surface area (Å²) in [5.41, 5.74) is 2.30. The topological polar surface area (TPSA) is 70.0 Å². The third-order valence-electron chi connectivity index (χ3n) is 6.12. The van der Waals surface area contributed by atoms with Crippen molar-refractivity contribution in [3.8, 4) is 6.07 Å². The Labute approximate surface area is 154 Å². The highest BCUT2D eigenvalue weighted by Gasteiger charge is 2.50. The van der Waals surface area contributed by atoms with Crippen molar-refractivity contribution in [1.29, 1.82) is 5.26 Å². The quantitative estimate of drug-likeness (QED) is 0.892. The number of anilines is 1. The normalized spacial score (nSPS) is 29.9. The molecule has 1 aliphatic carbocycles. The number of nitrogens with one attached hydrogen (secondary N) is 1. The van der Waals surface area contributed by atoms with Crippen LogP contribution in [0, 0.1) is 23.2 Å². The van der Waals surface area contributed by atoms with E-state index < -0.39 is 15.1 Å². The fraction of sp³-hybridized carbons (Fsp3) is 0.381. The van der Waals surface area contributed by atoms with E-state index in [2.05, 4.69) is 30.4 Å². The highest BCUT2D eigenvalue weighted by atomic mass is 32.2. The van der Waals surface area contributed by atoms with Crippen molar-refractivity contribution in [2.75, 3.05) is 5.32 Å². The van der Waals surface area contributed by atoms with Crippen LogP contribution in [-0.2, 0) is 9.84 Å². The Bertz CT molecular complexity index is 949. The lowest BCUT2D eigenvalue weighted by Gasteiger charge is -2.42. The van der Waals surface area contributed by atoms with Crippen LogP contribution in [0.2, 0.25) is 0 Å². The van der Waals surface area contributed by atoms with Gasteiger partial charge < -0.3 is 5.32 Å². The van der Waals surface area contributed by atoms with Crippen molar-refractivity contribution in [1.82, 2.24) is 0 Å². The summed E-state index contributed by atoms with van der Waals surface area (Å²) >= 11 is 0. The van der Waals surface area contributed by atoms with Gasteiger partial charge in [0, 0.05) is 24.1 Å². The molecular weight excluding hydrogens is 344 g/mol. The molecule has 0 unspecified atom stereocenters. The lowest BCUT2D eigenvalue weighted by Crippen LogP contribution is -2.47. The van der Waals surface area contributed by atoms with Crippen LogP contribution in [0.15, 0.2) is 59.5 Å². The predicted octanol–water partition coefficient (Wildman–Crippen LogP) is 3.98. The molecule has 2 aromatic rings. The number of rotatable bonds is 3. The maximum atomic E-state index is 13.4. The number of nitriles is 1. The Morgan fingerprint density at radius 2 is 1.81 bits per heavy atom. The molecule has 4 rings (SSSR count). The number of fused-ring (bicyclic) bond motifs is 3. The molecule has 134 valence electrons. The second kappa shape index (κ2) is 6.44. The van der Waals surface area contributed by atoms with Gasteiger partial charge in [0.15, 0.2) is 9.84 Å². The first-order chi connectivity index (χ1) is 12.5. The van der Waals surface area contributed by atoms with Crippen LogP contribution in [0.1, 0.15) is 31.2 Å². The van der Waals surface area contributed by atoms with Crippen molar-refractivity contribution in [3.63, 3.8) is 0 Å². The molecule has 1 saturated carbocycles. The first-order valence-electron chi connectivity index (χ1n) is 9.05. The Kier molecular flexibility index (Phi) is 4.24. The molecule has 4 nitrogen and oxygen atoms in total. The zero-order chi connectivity index (χ0) is 18.3. The van der Waals surface area contributed by atoms with Gasteiger partial charge >= 0.3 is 0 Å². The van der Waals surface area contributed by atoms with Crippen LogP contribution in [-0.4, -0.2) is 19.7 Å². The Balaban J connectivity index is 1.77. The highest BCUT2D eigenvalue weighted by Crippen LogP contribution is 2.51. The molecule has 1 N–H and O–H groups in total. The van der Waals surface area contributed by atoms with Crippen molar-refractivity contribution in [2.24, 2.45) is 11.8 Å². The molecule has 2 aromatic carbocycles. The minimum absolute atomic E-state index is 0.101. The van der Waals surface area contributed by atoms with Gasteiger partial charge in [-0.1, -0.05) is 43.3 Å². The minimum Gasteiger partial charge on any atom is -0.381 e. The molecule has 2 aliphatic rings. The molecule has 0 radical (unpaired) electrons. The average Bonchev–Trinajstić information content (AvgIpc) is 3.04. The van der Waals surface area contributed by atoms with Gasteiger partial charge in [-0.2, -0.15) is 5.26 Å². The van der Waals surface area contributed by atoms with E-state index in [1.807, 2.05) is 18.2 Å². The Morgan fingerprint density at radius 3 is 2.54 bits per heavy atom. The van der Waals surface area contributed by atoms with Crippen molar-refractivity contribution in [3.05, 3.63) is 60.2 Å². The maximum Gasteiger partial charge on any atom is 0.181 e. The summed E-state index contributed by atoms with van der Waals surface area (Å²) in [5.74, 6) is 0.0946. The van der Waals surface area contributed by atoms with Crippen LogP contribution in [0.4, 0.5) is 5.69 Å². The summed E-state index contributed by atoms with van der Waals surface area (Å²) in [5, 5.41) is 12.4. The summed E-state index contributed by atoms with van der Waals surface area (Å²) in [7, 11) is -3.49. The lowest BCUT2D eigenvalue weighted by atomic mass is 9.69. The van der Waals surface area contributed by atoms with Crippen molar-refractivity contribution in [2.45, 2.75) is 41.9 Å². The molecule has 0 spiro atoms. The zero-order valence-corrected chi connectivity index (χ0v) is 15.5. The number of sulfone groups is 1. The third kappa shape index (κ3) is 2.60. The van der Waals surface area contributed by atoms with Crippen molar-refractivity contribution >= 4 is 15.5 Å². The van der Waals surface area contributed by atoms with Gasteiger partial charge in [-0.25, -0.2) is 8.42 Å². The van der Waals surface area contributed by atoms with Gasteiger partial charge in [0.25, 0.3) is 0 Å². The third-order valence-corrected chi connectivity index (χ3v) is 8.39. The second-order valence-electron chi connectivity index (χ2n) is 7.38. The average molecular weight is 366 g/mol. The van der Waals surface area contributed by atoms with E-state index in [-0.39, 0.29) is 30.2 Å². The van der Waals surface area contributed by atoms with Crippen molar-refractivity contribution < 1.29 is 8.42 Å². The monoisotopic (exact) mass is 366 g/mol. The largest absolute Gasteiger partial charge is 0.381 e. The van der Waals surface area contributed by atoms with E-state index >= 15 is 0 Å². The molecule has 0 bridgehead atoms. The molecule has 1 heterocycles. The van der Waals surface area contributed by atoms with E-state index in [0.717, 1.165) is 5.69 Å². The molecule has 26 heavy (non-hydrogen) atoms. The molecular formula is C21H22N2O2S. The fourth-order valence-electron chi connectivity index (χ4n) is 4.79. The Morgan fingerprint density at radius 1 is 1.12 bits per heavy atom. The van der Waals surface area contributed by atoms with Crippen LogP contribution < -0.4 is 5.32 Å². The molecule has 0 amide bonds. The van der Waals surface area contributed by atoms with Crippen LogP contribution in [0.5, 0.6) is 0 Å². The van der Waals surface area contributed by atoms with Crippen LogP contribution in [0.3, 0.4) is 0 Å². The molecule has 1 aliphatic heterocycles. The number of benzene rings is 2. The van der Waals surface area contributed by atoms with Gasteiger partial charge in [0.05, 0.1) is 16.2 Å². The molecule has 1 fully saturated rings. The van der Waals surface area contributed by atoms with Gasteiger partial charge in [-0.15, -0.1) is 0 Å². The van der Waals surface area contributed by atoms with E-state index in [4.69, 9.17) is 0 Å². The summed E-state index contributed by atoms with van der Waals surface area (Å²) in [6.07, 6.45) is 0.821. The maximum absolute atomic E-state index is 13.4. The minimum atomic E-state index is -3.49. The zero-order valence-electron chi connectivity index (χ0n) is 14.7. The van der Waals surface area contributed by atoms with Crippen LogP contribution >= 0.6 is 0 Å². The summed E-state index contributed by atoms with van der Waals surface area (Å²) in [4.78, 5) is 0.359. The molecule has 5 heteroatoms. The van der Waals surface area contributed by atoms with E-state index in [0.29, 0.717) is 11.3 Å². The summed E-state index contributed by atoms with van der Waals surface area (Å²) in [6.45, 7) is 2.09.